The van der Waals surface area contributed by atoms with Gasteiger partial charge in [0.15, 0.2) is 40.2 Å². The molecule has 10 nitrogen and oxygen atoms in total. The maximum Gasteiger partial charge on any atom is 0.171 e. The monoisotopic (exact) mass is 526 g/mol. The van der Waals surface area contributed by atoms with Gasteiger partial charge in [0.2, 0.25) is 0 Å². The molecule has 3 aromatic carbocycles. The molecule has 1 heterocycles. The number of quaternary nitrogens is 1. The molecular weight excluding hydrogens is 492 g/mol. The van der Waals surface area contributed by atoms with Crippen molar-refractivity contribution in [3.63, 3.8) is 0 Å². The Morgan fingerprint density at radius 1 is 0.816 bits per heavy atom. The summed E-state index contributed by atoms with van der Waals surface area (Å²) in [7, 11) is 9.85. The number of benzene rings is 3. The van der Waals surface area contributed by atoms with Crippen LogP contribution in [0.1, 0.15) is 22.7 Å². The lowest BCUT2D eigenvalue weighted by atomic mass is 9.88. The van der Waals surface area contributed by atoms with Crippen LogP contribution in [0.5, 0.6) is 40.2 Å². The van der Waals surface area contributed by atoms with Gasteiger partial charge in [0.05, 0.1) is 35.5 Å². The molecule has 10 heteroatoms. The van der Waals surface area contributed by atoms with Crippen molar-refractivity contribution in [2.75, 3.05) is 49.1 Å². The number of fused-ring (bicyclic) bond motifs is 1. The van der Waals surface area contributed by atoms with Gasteiger partial charge in [-0.2, -0.15) is 5.23 Å². The molecule has 0 aromatic heterocycles. The maximum absolute atomic E-state index is 12.3. The molecule has 3 aromatic rings. The molecule has 0 radical (unpaired) electrons. The highest BCUT2D eigenvalue weighted by Crippen LogP contribution is 2.42. The van der Waals surface area contributed by atoms with Crippen molar-refractivity contribution in [2.45, 2.75) is 18.9 Å². The first-order valence-electron chi connectivity index (χ1n) is 12.1. The van der Waals surface area contributed by atoms with E-state index in [4.69, 9.17) is 28.4 Å². The van der Waals surface area contributed by atoms with Gasteiger partial charge in [0, 0.05) is 30.3 Å². The number of ether oxygens (including phenoxy) is 6. The fourth-order valence-corrected chi connectivity index (χ4v) is 4.84. The van der Waals surface area contributed by atoms with Crippen molar-refractivity contribution < 1.29 is 38.9 Å². The number of nitrogens with one attached hydrogen (secondary N) is 1. The Morgan fingerprint density at radius 3 is 2.05 bits per heavy atom. The Labute approximate surface area is 222 Å². The van der Waals surface area contributed by atoms with Crippen LogP contribution in [0.25, 0.3) is 0 Å². The van der Waals surface area contributed by atoms with Crippen LogP contribution in [0.3, 0.4) is 0 Å². The second-order valence-corrected chi connectivity index (χ2v) is 8.94. The van der Waals surface area contributed by atoms with E-state index in [1.54, 1.807) is 52.7 Å². The minimum Gasteiger partial charge on any atom is -0.595 e. The lowest BCUT2D eigenvalue weighted by Gasteiger charge is -2.35. The lowest BCUT2D eigenvalue weighted by molar-refractivity contribution is -0.991. The quantitative estimate of drug-likeness (QED) is 0.383. The standard InChI is InChI=1S/C28H34N2O8/c1-29-10-9-17-12-24(34-3)26(36-5)15-20(17)22(29)11-18-13-28(27(37-6)16-21(18)30(31)32)38-19-7-8-23(33-2)25(14-19)35-4/h7-8,12-16,22,30-31H,9-11H2,1-6H3. The molecule has 0 saturated heterocycles. The number of methoxy groups -OCH3 is 5. The smallest absolute Gasteiger partial charge is 0.171 e. The molecule has 2 atom stereocenters. The second kappa shape index (κ2) is 11.8. The van der Waals surface area contributed by atoms with Crippen LogP contribution in [0.2, 0.25) is 0 Å². The van der Waals surface area contributed by atoms with E-state index in [1.807, 2.05) is 19.2 Å². The van der Waals surface area contributed by atoms with Crippen molar-refractivity contribution >= 4 is 5.69 Å². The van der Waals surface area contributed by atoms with Gasteiger partial charge in [-0.05, 0) is 61.3 Å². The van der Waals surface area contributed by atoms with E-state index in [2.05, 4.69) is 4.90 Å². The van der Waals surface area contributed by atoms with Crippen molar-refractivity contribution in [2.24, 2.45) is 0 Å². The molecule has 1 aliphatic rings. The van der Waals surface area contributed by atoms with Crippen LogP contribution in [0.15, 0.2) is 42.5 Å². The SMILES string of the molecule is COc1ccc(Oc2cc(CC3c4cc(OC)c(OC)cc4CCN3C)c([NH+]([O-])O)cc2OC)cc1OC. The summed E-state index contributed by atoms with van der Waals surface area (Å²) in [4.78, 5) is 2.22. The number of hydrogen-bond donors (Lipinski definition) is 2. The maximum atomic E-state index is 12.3. The van der Waals surface area contributed by atoms with Crippen LogP contribution in [-0.2, 0) is 12.8 Å². The van der Waals surface area contributed by atoms with Gasteiger partial charge in [-0.1, -0.05) is 0 Å². The molecule has 2 N–H and O–H groups in total. The van der Waals surface area contributed by atoms with Gasteiger partial charge >= 0.3 is 0 Å². The van der Waals surface area contributed by atoms with E-state index in [-0.39, 0.29) is 11.7 Å². The summed E-state index contributed by atoms with van der Waals surface area (Å²) < 4.78 is 33.4. The Kier molecular flexibility index (Phi) is 8.48. The molecule has 0 amide bonds. The molecule has 2 unspecified atom stereocenters. The predicted octanol–water partition coefficient (Wildman–Crippen LogP) is 3.70. The number of likely N-dealkylation sites (N-methyl/N-ethyl adjacent to an activating group) is 1. The highest BCUT2D eigenvalue weighted by molar-refractivity contribution is 5.57. The molecule has 0 fully saturated rings. The second-order valence-electron chi connectivity index (χ2n) is 8.94. The number of nitrogens with zero attached hydrogens (tertiary/aromatic N) is 1. The zero-order chi connectivity index (χ0) is 27.4. The van der Waals surface area contributed by atoms with E-state index in [9.17, 15) is 10.4 Å². The summed E-state index contributed by atoms with van der Waals surface area (Å²) in [5.74, 6) is 3.59. The third-order valence-electron chi connectivity index (χ3n) is 6.89. The molecule has 0 spiro atoms. The van der Waals surface area contributed by atoms with E-state index in [0.717, 1.165) is 24.1 Å². The molecule has 4 rings (SSSR count). The van der Waals surface area contributed by atoms with Gasteiger partial charge in [0.25, 0.3) is 0 Å². The fraction of sp³-hybridized carbons (Fsp3) is 0.357. The minimum absolute atomic E-state index is 0.0843. The van der Waals surface area contributed by atoms with Crippen LogP contribution in [0.4, 0.5) is 5.69 Å². The Hall–Kier alpha value is -3.70. The molecule has 204 valence electrons. The van der Waals surface area contributed by atoms with Crippen molar-refractivity contribution in [1.29, 1.82) is 0 Å². The summed E-state index contributed by atoms with van der Waals surface area (Å²) in [6.07, 6.45) is 1.29. The molecule has 0 saturated carbocycles. The molecule has 0 aliphatic carbocycles. The van der Waals surface area contributed by atoms with Crippen LogP contribution in [-0.4, -0.2) is 59.2 Å². The summed E-state index contributed by atoms with van der Waals surface area (Å²) in [5, 5.41) is 21.3. The molecule has 1 aliphatic heterocycles. The third kappa shape index (κ3) is 5.44. The van der Waals surface area contributed by atoms with Crippen LogP contribution < -0.4 is 33.6 Å². The summed E-state index contributed by atoms with van der Waals surface area (Å²) in [6, 6.07) is 12.3. The van der Waals surface area contributed by atoms with Crippen molar-refractivity contribution in [3.8, 4) is 40.2 Å². The zero-order valence-electron chi connectivity index (χ0n) is 22.5. The number of hydrogen-bond acceptors (Lipinski definition) is 9. The first-order chi connectivity index (χ1) is 18.3. The average molecular weight is 527 g/mol. The van der Waals surface area contributed by atoms with Gasteiger partial charge in [0.1, 0.15) is 5.75 Å². The lowest BCUT2D eigenvalue weighted by Crippen LogP contribution is -2.99. The van der Waals surface area contributed by atoms with Gasteiger partial charge in [-0.3, -0.25) is 4.90 Å². The zero-order valence-corrected chi connectivity index (χ0v) is 22.5. The van der Waals surface area contributed by atoms with Crippen molar-refractivity contribution in [3.05, 3.63) is 64.4 Å². The third-order valence-corrected chi connectivity index (χ3v) is 6.89. The Bertz CT molecular complexity index is 1280. The first-order valence-corrected chi connectivity index (χ1v) is 12.1. The molecular formula is C28H34N2O8. The molecule has 0 bridgehead atoms. The summed E-state index contributed by atoms with van der Waals surface area (Å²) >= 11 is 0. The Balaban J connectivity index is 1.75. The van der Waals surface area contributed by atoms with Crippen LogP contribution in [0, 0.1) is 5.21 Å². The van der Waals surface area contributed by atoms with Gasteiger partial charge < -0.3 is 33.6 Å². The predicted molar refractivity (Wildman–Crippen MR) is 141 cm³/mol. The molecule has 38 heavy (non-hydrogen) atoms. The average Bonchev–Trinajstić information content (AvgIpc) is 2.93. The van der Waals surface area contributed by atoms with Gasteiger partial charge in [-0.25, -0.2) is 5.21 Å². The van der Waals surface area contributed by atoms with E-state index < -0.39 is 5.23 Å². The fourth-order valence-electron chi connectivity index (χ4n) is 4.84. The topological polar surface area (TPSA) is 106 Å². The van der Waals surface area contributed by atoms with Gasteiger partial charge in [-0.15, -0.1) is 0 Å². The first kappa shape index (κ1) is 27.3. The summed E-state index contributed by atoms with van der Waals surface area (Å²) in [5.41, 5.74) is 3.00. The number of rotatable bonds is 10. The highest BCUT2D eigenvalue weighted by atomic mass is 16.8. The normalized spacial score (nSPS) is 15.8. The van der Waals surface area contributed by atoms with Crippen LogP contribution >= 0.6 is 0 Å². The highest BCUT2D eigenvalue weighted by Gasteiger charge is 2.29. The Morgan fingerprint density at radius 2 is 1.42 bits per heavy atom. The van der Waals surface area contributed by atoms with E-state index in [1.165, 1.54) is 13.2 Å². The minimum atomic E-state index is -1.04. The summed E-state index contributed by atoms with van der Waals surface area (Å²) in [6.45, 7) is 0.820. The van der Waals surface area contributed by atoms with E-state index in [0.29, 0.717) is 52.2 Å². The van der Waals surface area contributed by atoms with E-state index >= 15 is 0 Å². The van der Waals surface area contributed by atoms with Crippen molar-refractivity contribution in [1.82, 2.24) is 4.90 Å². The largest absolute Gasteiger partial charge is 0.595 e.